The molecule has 1 nitrogen and oxygen atoms in total. The molecular weight excluding hydrogens is 291 g/mol. The molecule has 100 valence electrons. The second kappa shape index (κ2) is 6.51. The van der Waals surface area contributed by atoms with Crippen LogP contribution in [0.3, 0.4) is 0 Å². The molecule has 0 radical (unpaired) electrons. The first kappa shape index (κ1) is 14.5. The summed E-state index contributed by atoms with van der Waals surface area (Å²) in [6, 6.07) is 4.65. The van der Waals surface area contributed by atoms with Crippen LogP contribution in [0, 0.1) is 5.82 Å². The first-order valence-electron chi connectivity index (χ1n) is 5.93. The molecule has 2 rings (SSSR count). The number of rotatable bonds is 3. The zero-order valence-electron chi connectivity index (χ0n) is 10.1. The molecule has 1 saturated heterocycles. The van der Waals surface area contributed by atoms with E-state index < -0.39 is 11.9 Å². The molecule has 1 heterocycles. The normalized spacial score (nSPS) is 26.0. The van der Waals surface area contributed by atoms with Gasteiger partial charge in [0.2, 0.25) is 0 Å². The summed E-state index contributed by atoms with van der Waals surface area (Å²) in [6.45, 7) is 2.16. The highest BCUT2D eigenvalue weighted by Crippen LogP contribution is 2.34. The maximum atomic E-state index is 13.1. The largest absolute Gasteiger partial charge is 0.392 e. The minimum absolute atomic E-state index is 0.124. The van der Waals surface area contributed by atoms with Crippen molar-refractivity contribution in [2.24, 2.45) is 0 Å². The van der Waals surface area contributed by atoms with Gasteiger partial charge in [-0.2, -0.15) is 23.5 Å². The molecule has 1 N–H and O–H groups in total. The average molecular weight is 307 g/mol. The number of benzene rings is 1. The molecule has 0 bridgehead atoms. The molecular formula is C13H16ClFOS2. The van der Waals surface area contributed by atoms with Crippen molar-refractivity contribution in [1.29, 1.82) is 0 Å². The predicted molar refractivity (Wildman–Crippen MR) is 79.3 cm³/mol. The Morgan fingerprint density at radius 1 is 1.44 bits per heavy atom. The molecule has 1 aliphatic heterocycles. The second-order valence-corrected chi connectivity index (χ2v) is 7.61. The highest BCUT2D eigenvalue weighted by Gasteiger charge is 2.29. The van der Waals surface area contributed by atoms with E-state index in [9.17, 15) is 9.50 Å². The molecule has 0 spiro atoms. The van der Waals surface area contributed by atoms with Gasteiger partial charge in [-0.1, -0.05) is 24.6 Å². The van der Waals surface area contributed by atoms with Gasteiger partial charge in [-0.3, -0.25) is 0 Å². The van der Waals surface area contributed by atoms with E-state index in [-0.39, 0.29) is 10.3 Å². The molecule has 1 aromatic rings. The van der Waals surface area contributed by atoms with Crippen LogP contribution in [-0.4, -0.2) is 33.2 Å². The number of aliphatic hydroxyl groups excluding tert-OH is 1. The van der Waals surface area contributed by atoms with Gasteiger partial charge in [0.15, 0.2) is 0 Å². The molecule has 1 aromatic carbocycles. The fourth-order valence-electron chi connectivity index (χ4n) is 2.10. The van der Waals surface area contributed by atoms with Crippen LogP contribution >= 0.6 is 35.1 Å². The molecule has 1 fully saturated rings. The van der Waals surface area contributed by atoms with Gasteiger partial charge in [0.1, 0.15) is 5.82 Å². The Hall–Kier alpha value is 0.1000. The van der Waals surface area contributed by atoms with Crippen LogP contribution in [0.5, 0.6) is 0 Å². The maximum Gasteiger partial charge on any atom is 0.141 e. The molecule has 5 heteroatoms. The van der Waals surface area contributed by atoms with Crippen molar-refractivity contribution in [2.45, 2.75) is 29.9 Å². The van der Waals surface area contributed by atoms with Gasteiger partial charge < -0.3 is 5.11 Å². The fraction of sp³-hybridized carbons (Fsp3) is 0.538. The van der Waals surface area contributed by atoms with Crippen LogP contribution < -0.4 is 0 Å². The van der Waals surface area contributed by atoms with Crippen molar-refractivity contribution in [3.63, 3.8) is 0 Å². The van der Waals surface area contributed by atoms with Crippen LogP contribution in [0.1, 0.15) is 12.5 Å². The van der Waals surface area contributed by atoms with Gasteiger partial charge in [0.05, 0.1) is 11.1 Å². The van der Waals surface area contributed by atoms with Gasteiger partial charge in [-0.25, -0.2) is 4.39 Å². The zero-order valence-corrected chi connectivity index (χ0v) is 12.5. The quantitative estimate of drug-likeness (QED) is 0.921. The Balaban J connectivity index is 2.01. The SMILES string of the molecule is CC1SCCSC1C(O)Cc1ccc(F)c(Cl)c1. The fourth-order valence-corrected chi connectivity index (χ4v) is 5.15. The summed E-state index contributed by atoms with van der Waals surface area (Å²) in [5.74, 6) is 1.82. The second-order valence-electron chi connectivity index (χ2n) is 4.43. The van der Waals surface area contributed by atoms with Gasteiger partial charge in [-0.05, 0) is 24.1 Å². The smallest absolute Gasteiger partial charge is 0.141 e. The van der Waals surface area contributed by atoms with Crippen LogP contribution in [0.2, 0.25) is 5.02 Å². The summed E-state index contributed by atoms with van der Waals surface area (Å²) in [5, 5.41) is 11.1. The molecule has 18 heavy (non-hydrogen) atoms. The summed E-state index contributed by atoms with van der Waals surface area (Å²) < 4.78 is 13.1. The summed E-state index contributed by atoms with van der Waals surface area (Å²) >= 11 is 9.48. The number of hydrogen-bond acceptors (Lipinski definition) is 3. The standard InChI is InChI=1S/C13H16ClFOS2/c1-8-13(18-5-4-17-8)12(16)7-9-2-3-11(15)10(14)6-9/h2-3,6,8,12-13,16H,4-5,7H2,1H3. The topological polar surface area (TPSA) is 20.2 Å². The molecule has 1 aliphatic rings. The lowest BCUT2D eigenvalue weighted by molar-refractivity contribution is 0.171. The Kier molecular flexibility index (Phi) is 5.24. The van der Waals surface area contributed by atoms with Crippen LogP contribution in [0.4, 0.5) is 4.39 Å². The Morgan fingerprint density at radius 3 is 2.83 bits per heavy atom. The summed E-state index contributed by atoms with van der Waals surface area (Å²) in [7, 11) is 0. The van der Waals surface area contributed by atoms with Gasteiger partial charge >= 0.3 is 0 Å². The maximum absolute atomic E-state index is 13.1. The first-order chi connectivity index (χ1) is 8.58. The van der Waals surface area contributed by atoms with E-state index in [0.29, 0.717) is 11.7 Å². The van der Waals surface area contributed by atoms with Crippen molar-refractivity contribution in [1.82, 2.24) is 0 Å². The van der Waals surface area contributed by atoms with E-state index in [2.05, 4.69) is 6.92 Å². The van der Waals surface area contributed by atoms with E-state index in [1.165, 1.54) is 6.07 Å². The average Bonchev–Trinajstić information content (AvgIpc) is 2.34. The highest BCUT2D eigenvalue weighted by atomic mass is 35.5. The van der Waals surface area contributed by atoms with Crippen molar-refractivity contribution >= 4 is 35.1 Å². The minimum atomic E-state index is -0.411. The Labute approximate surface area is 120 Å². The lowest BCUT2D eigenvalue weighted by Crippen LogP contribution is -2.36. The first-order valence-corrected chi connectivity index (χ1v) is 8.40. The molecule has 0 aliphatic carbocycles. The summed E-state index contributed by atoms with van der Waals surface area (Å²) in [5.41, 5.74) is 0.886. The lowest BCUT2D eigenvalue weighted by atomic mass is 10.0. The Bertz CT molecular complexity index is 416. The summed E-state index contributed by atoms with van der Waals surface area (Å²) in [6.07, 6.45) is 0.127. The van der Waals surface area contributed by atoms with Crippen molar-refractivity contribution in [3.05, 3.63) is 34.6 Å². The van der Waals surface area contributed by atoms with E-state index in [1.807, 2.05) is 23.5 Å². The van der Waals surface area contributed by atoms with Crippen LogP contribution in [0.15, 0.2) is 18.2 Å². The van der Waals surface area contributed by atoms with Crippen molar-refractivity contribution < 1.29 is 9.50 Å². The third kappa shape index (κ3) is 3.56. The molecule has 3 atom stereocenters. The van der Waals surface area contributed by atoms with Crippen LogP contribution in [0.25, 0.3) is 0 Å². The zero-order chi connectivity index (χ0) is 13.1. The molecule has 0 amide bonds. The van der Waals surface area contributed by atoms with E-state index in [1.54, 1.807) is 12.1 Å². The van der Waals surface area contributed by atoms with Gasteiger partial charge in [-0.15, -0.1) is 0 Å². The van der Waals surface area contributed by atoms with E-state index >= 15 is 0 Å². The van der Waals surface area contributed by atoms with Gasteiger partial charge in [0, 0.05) is 22.0 Å². The summed E-state index contributed by atoms with van der Waals surface area (Å²) in [4.78, 5) is 0. The number of halogens is 2. The highest BCUT2D eigenvalue weighted by molar-refractivity contribution is 8.07. The number of thioether (sulfide) groups is 2. The minimum Gasteiger partial charge on any atom is -0.392 e. The third-order valence-electron chi connectivity index (χ3n) is 3.05. The van der Waals surface area contributed by atoms with E-state index in [0.717, 1.165) is 17.1 Å². The molecule has 0 aromatic heterocycles. The Morgan fingerprint density at radius 2 is 2.17 bits per heavy atom. The number of aliphatic hydroxyl groups is 1. The number of hydrogen-bond donors (Lipinski definition) is 1. The van der Waals surface area contributed by atoms with Crippen molar-refractivity contribution in [2.75, 3.05) is 11.5 Å². The van der Waals surface area contributed by atoms with Crippen LogP contribution in [-0.2, 0) is 6.42 Å². The predicted octanol–water partition coefficient (Wildman–Crippen LogP) is 3.62. The molecule has 3 unspecified atom stereocenters. The third-order valence-corrected chi connectivity index (χ3v) is 6.57. The van der Waals surface area contributed by atoms with E-state index in [4.69, 9.17) is 11.6 Å². The van der Waals surface area contributed by atoms with Gasteiger partial charge in [0.25, 0.3) is 0 Å². The molecule has 0 saturated carbocycles. The monoisotopic (exact) mass is 306 g/mol. The van der Waals surface area contributed by atoms with Crippen molar-refractivity contribution in [3.8, 4) is 0 Å². The lowest BCUT2D eigenvalue weighted by Gasteiger charge is -2.31.